The Kier molecular flexibility index (Phi) is 7.14. The average Bonchev–Trinajstić information content (AvgIpc) is 2.52. The molecule has 0 saturated carbocycles. The summed E-state index contributed by atoms with van der Waals surface area (Å²) < 4.78 is 0. The Morgan fingerprint density at radius 3 is 2.83 bits per heavy atom. The molecule has 0 amide bonds. The van der Waals surface area contributed by atoms with E-state index < -0.39 is 0 Å². The fraction of sp³-hybridized carbons (Fsp3) is 0.875. The SMILES string of the molecule is CCC(CCO)N1C=NCC1.[NaH]. The first-order valence-corrected chi connectivity index (χ1v) is 4.25. The van der Waals surface area contributed by atoms with E-state index in [4.69, 9.17) is 5.11 Å². The van der Waals surface area contributed by atoms with Crippen molar-refractivity contribution in [3.8, 4) is 0 Å². The predicted octanol–water partition coefficient (Wildman–Crippen LogP) is -0.157. The van der Waals surface area contributed by atoms with Gasteiger partial charge in [-0.3, -0.25) is 4.99 Å². The summed E-state index contributed by atoms with van der Waals surface area (Å²) in [6.07, 6.45) is 3.86. The zero-order valence-electron chi connectivity index (χ0n) is 7.03. The molecule has 0 aromatic rings. The van der Waals surface area contributed by atoms with Crippen LogP contribution in [0.2, 0.25) is 0 Å². The molecule has 4 heteroatoms. The van der Waals surface area contributed by atoms with Gasteiger partial charge < -0.3 is 10.0 Å². The fourth-order valence-corrected chi connectivity index (χ4v) is 1.42. The summed E-state index contributed by atoms with van der Waals surface area (Å²) in [4.78, 5) is 6.35. The predicted molar refractivity (Wildman–Crippen MR) is 53.0 cm³/mol. The number of aliphatic hydroxyl groups excluding tert-OH is 1. The summed E-state index contributed by atoms with van der Waals surface area (Å²) in [5.41, 5.74) is 0. The molecular formula is C8H17N2NaO. The zero-order valence-corrected chi connectivity index (χ0v) is 7.03. The van der Waals surface area contributed by atoms with Gasteiger partial charge in [-0.05, 0) is 12.8 Å². The Morgan fingerprint density at radius 1 is 1.67 bits per heavy atom. The molecule has 12 heavy (non-hydrogen) atoms. The van der Waals surface area contributed by atoms with Gasteiger partial charge in [0.1, 0.15) is 0 Å². The molecule has 0 radical (unpaired) electrons. The van der Waals surface area contributed by atoms with Gasteiger partial charge in [0.25, 0.3) is 0 Å². The minimum absolute atomic E-state index is 0. The molecule has 0 saturated heterocycles. The van der Waals surface area contributed by atoms with Crippen molar-refractivity contribution in [1.29, 1.82) is 0 Å². The maximum absolute atomic E-state index is 8.76. The molecule has 1 N–H and O–H groups in total. The second-order valence-electron chi connectivity index (χ2n) is 2.83. The maximum atomic E-state index is 8.76. The van der Waals surface area contributed by atoms with Crippen molar-refractivity contribution < 1.29 is 5.11 Å². The van der Waals surface area contributed by atoms with Gasteiger partial charge in [-0.15, -0.1) is 0 Å². The van der Waals surface area contributed by atoms with Gasteiger partial charge in [0, 0.05) is 19.2 Å². The van der Waals surface area contributed by atoms with Crippen LogP contribution in [0.15, 0.2) is 4.99 Å². The summed E-state index contributed by atoms with van der Waals surface area (Å²) in [5, 5.41) is 8.76. The van der Waals surface area contributed by atoms with Crippen molar-refractivity contribution in [3.05, 3.63) is 0 Å². The summed E-state index contributed by atoms with van der Waals surface area (Å²) in [6, 6.07) is 0.492. The van der Waals surface area contributed by atoms with Gasteiger partial charge in [0.15, 0.2) is 0 Å². The van der Waals surface area contributed by atoms with Crippen LogP contribution >= 0.6 is 0 Å². The molecule has 1 rings (SSSR count). The molecule has 1 aliphatic rings. The van der Waals surface area contributed by atoms with Crippen LogP contribution in [0.1, 0.15) is 19.8 Å². The first kappa shape index (κ1) is 12.4. The van der Waals surface area contributed by atoms with Crippen LogP contribution in [-0.2, 0) is 0 Å². The Labute approximate surface area is 96.2 Å². The van der Waals surface area contributed by atoms with E-state index in [0.717, 1.165) is 25.9 Å². The third-order valence-corrected chi connectivity index (χ3v) is 2.12. The molecule has 0 aromatic carbocycles. The summed E-state index contributed by atoms with van der Waals surface area (Å²) >= 11 is 0. The molecule has 1 unspecified atom stereocenters. The monoisotopic (exact) mass is 180 g/mol. The fourth-order valence-electron chi connectivity index (χ4n) is 1.42. The zero-order chi connectivity index (χ0) is 8.10. The quantitative estimate of drug-likeness (QED) is 0.610. The van der Waals surface area contributed by atoms with Crippen LogP contribution < -0.4 is 0 Å². The van der Waals surface area contributed by atoms with E-state index in [0.29, 0.717) is 6.04 Å². The number of aliphatic hydroxyl groups is 1. The number of rotatable bonds is 4. The van der Waals surface area contributed by atoms with Gasteiger partial charge in [-0.25, -0.2) is 0 Å². The van der Waals surface area contributed by atoms with Crippen LogP contribution in [0, 0.1) is 0 Å². The third kappa shape index (κ3) is 3.44. The molecular weight excluding hydrogens is 163 g/mol. The first-order chi connectivity index (χ1) is 5.38. The Hall–Kier alpha value is 0.430. The van der Waals surface area contributed by atoms with Crippen molar-refractivity contribution in [2.75, 3.05) is 19.7 Å². The van der Waals surface area contributed by atoms with Gasteiger partial charge in [0.2, 0.25) is 0 Å². The molecule has 1 heterocycles. The molecule has 3 nitrogen and oxygen atoms in total. The summed E-state index contributed by atoms with van der Waals surface area (Å²) in [6.45, 7) is 4.37. The first-order valence-electron chi connectivity index (χ1n) is 4.25. The van der Waals surface area contributed by atoms with E-state index in [-0.39, 0.29) is 36.2 Å². The second kappa shape index (κ2) is 6.89. The van der Waals surface area contributed by atoms with Crippen LogP contribution in [0.5, 0.6) is 0 Å². The molecule has 0 fully saturated rings. The van der Waals surface area contributed by atoms with Crippen molar-refractivity contribution in [2.24, 2.45) is 4.99 Å². The van der Waals surface area contributed by atoms with E-state index in [2.05, 4.69) is 16.8 Å². The van der Waals surface area contributed by atoms with E-state index in [9.17, 15) is 0 Å². The third-order valence-electron chi connectivity index (χ3n) is 2.12. The number of nitrogens with zero attached hydrogens (tertiary/aromatic N) is 2. The summed E-state index contributed by atoms with van der Waals surface area (Å²) in [5.74, 6) is 0. The van der Waals surface area contributed by atoms with Crippen LogP contribution in [-0.4, -0.2) is 71.6 Å². The van der Waals surface area contributed by atoms with Crippen LogP contribution in [0.3, 0.4) is 0 Å². The van der Waals surface area contributed by atoms with Crippen molar-refractivity contribution in [2.45, 2.75) is 25.8 Å². The van der Waals surface area contributed by atoms with E-state index in [1.807, 2.05) is 6.34 Å². The van der Waals surface area contributed by atoms with Gasteiger partial charge in [0.05, 0.1) is 12.9 Å². The minimum atomic E-state index is 0. The molecule has 0 bridgehead atoms. The molecule has 66 valence electrons. The number of hydrogen-bond donors (Lipinski definition) is 1. The van der Waals surface area contributed by atoms with E-state index in [1.165, 1.54) is 0 Å². The summed E-state index contributed by atoms with van der Waals surface area (Å²) in [7, 11) is 0. The van der Waals surface area contributed by atoms with Crippen molar-refractivity contribution in [3.63, 3.8) is 0 Å². The number of aliphatic imine (C=N–C) groups is 1. The van der Waals surface area contributed by atoms with Crippen LogP contribution in [0.4, 0.5) is 0 Å². The Balaban J connectivity index is 0.00000121. The molecule has 0 aliphatic carbocycles. The van der Waals surface area contributed by atoms with Crippen molar-refractivity contribution in [1.82, 2.24) is 4.90 Å². The van der Waals surface area contributed by atoms with E-state index >= 15 is 0 Å². The molecule has 0 spiro atoms. The van der Waals surface area contributed by atoms with Gasteiger partial charge in [-0.1, -0.05) is 6.92 Å². The van der Waals surface area contributed by atoms with Crippen LogP contribution in [0.25, 0.3) is 0 Å². The van der Waals surface area contributed by atoms with Gasteiger partial charge >= 0.3 is 29.6 Å². The molecule has 1 atom stereocenters. The number of hydrogen-bond acceptors (Lipinski definition) is 3. The topological polar surface area (TPSA) is 35.8 Å². The van der Waals surface area contributed by atoms with E-state index in [1.54, 1.807) is 0 Å². The van der Waals surface area contributed by atoms with Crippen molar-refractivity contribution >= 4 is 35.9 Å². The normalized spacial score (nSPS) is 17.7. The second-order valence-corrected chi connectivity index (χ2v) is 2.83. The van der Waals surface area contributed by atoms with Gasteiger partial charge in [-0.2, -0.15) is 0 Å². The Bertz CT molecular complexity index is 141. The molecule has 0 aromatic heterocycles. The molecule has 1 aliphatic heterocycles. The average molecular weight is 180 g/mol. The Morgan fingerprint density at radius 2 is 2.42 bits per heavy atom. The standard InChI is InChI=1S/C8H16N2O.Na.H/c1-2-8(3-6-11)10-5-4-9-7-10;;/h7-8,11H,2-6H2,1H3;;.